The summed E-state index contributed by atoms with van der Waals surface area (Å²) in [5.74, 6) is 0.385. The van der Waals surface area contributed by atoms with Gasteiger partial charge >= 0.3 is 0 Å². The van der Waals surface area contributed by atoms with Gasteiger partial charge in [0.25, 0.3) is 5.56 Å². The van der Waals surface area contributed by atoms with Gasteiger partial charge in [-0.15, -0.1) is 11.3 Å². The summed E-state index contributed by atoms with van der Waals surface area (Å²) in [7, 11) is 0. The third kappa shape index (κ3) is 2.50. The van der Waals surface area contributed by atoms with Crippen LogP contribution in [0.1, 0.15) is 11.1 Å². The van der Waals surface area contributed by atoms with Crippen molar-refractivity contribution < 1.29 is 0 Å². The minimum absolute atomic E-state index is 0.334. The van der Waals surface area contributed by atoms with Gasteiger partial charge in [-0.2, -0.15) is 4.98 Å². The van der Waals surface area contributed by atoms with Crippen molar-refractivity contribution in [2.45, 2.75) is 0 Å². The zero-order valence-corrected chi connectivity index (χ0v) is 15.0. The van der Waals surface area contributed by atoms with E-state index >= 15 is 0 Å². The van der Waals surface area contributed by atoms with Gasteiger partial charge in [0.15, 0.2) is 4.96 Å². The van der Waals surface area contributed by atoms with Crippen molar-refractivity contribution in [3.8, 4) is 11.3 Å². The van der Waals surface area contributed by atoms with Gasteiger partial charge in [0.1, 0.15) is 5.82 Å². The lowest BCUT2D eigenvalue weighted by Gasteiger charge is -2.08. The maximum absolute atomic E-state index is 12.6. The van der Waals surface area contributed by atoms with Crippen LogP contribution in [0.4, 0.5) is 11.5 Å². The van der Waals surface area contributed by atoms with Crippen molar-refractivity contribution in [3.63, 3.8) is 0 Å². The largest absolute Gasteiger partial charge is 0.384 e. The summed E-state index contributed by atoms with van der Waals surface area (Å²) in [6.45, 7) is 0. The molecule has 0 atom stereocenters. The van der Waals surface area contributed by atoms with Crippen LogP contribution in [0.3, 0.4) is 0 Å². The number of aromatic nitrogens is 2. The highest BCUT2D eigenvalue weighted by molar-refractivity contribution is 7.15. The molecule has 0 amide bonds. The summed E-state index contributed by atoms with van der Waals surface area (Å²) in [4.78, 5) is 21.8. The molecule has 0 saturated heterocycles. The molecule has 6 heteroatoms. The van der Waals surface area contributed by atoms with Gasteiger partial charge in [0.2, 0.25) is 0 Å². The molecule has 2 aromatic heterocycles. The molecule has 1 aliphatic heterocycles. The van der Waals surface area contributed by atoms with Crippen LogP contribution in [0.25, 0.3) is 27.9 Å². The Morgan fingerprint density at radius 2 is 1.81 bits per heavy atom. The van der Waals surface area contributed by atoms with Gasteiger partial charge in [-0.3, -0.25) is 14.2 Å². The van der Waals surface area contributed by atoms with Crippen LogP contribution >= 0.6 is 11.3 Å². The van der Waals surface area contributed by atoms with Gasteiger partial charge in [0.05, 0.1) is 16.9 Å². The van der Waals surface area contributed by atoms with Crippen LogP contribution < -0.4 is 11.3 Å². The van der Waals surface area contributed by atoms with E-state index in [4.69, 9.17) is 5.73 Å². The minimum Gasteiger partial charge on any atom is -0.384 e. The Hall–Kier alpha value is -3.51. The van der Waals surface area contributed by atoms with Crippen molar-refractivity contribution in [2.75, 3.05) is 5.73 Å². The molecule has 2 aromatic carbocycles. The summed E-state index contributed by atoms with van der Waals surface area (Å²) >= 11 is 1.40. The first-order valence-corrected chi connectivity index (χ1v) is 9.30. The predicted molar refractivity (Wildman–Crippen MR) is 112 cm³/mol. The molecule has 27 heavy (non-hydrogen) atoms. The molecule has 0 fully saturated rings. The van der Waals surface area contributed by atoms with Gasteiger partial charge in [-0.1, -0.05) is 48.5 Å². The Balaban J connectivity index is 1.74. The first-order chi connectivity index (χ1) is 13.2. The molecule has 130 valence electrons. The number of para-hydroxylation sites is 1. The summed E-state index contributed by atoms with van der Waals surface area (Å²) in [6.07, 6.45) is 3.53. The summed E-state index contributed by atoms with van der Waals surface area (Å²) in [5.41, 5.74) is 11.1. The second kappa shape index (κ2) is 6.03. The van der Waals surface area contributed by atoms with E-state index in [1.165, 1.54) is 11.3 Å². The smallest absolute Gasteiger partial charge is 0.283 e. The third-order valence-electron chi connectivity index (χ3n) is 4.58. The van der Waals surface area contributed by atoms with E-state index in [1.807, 2.05) is 64.4 Å². The molecule has 0 unspecified atom stereocenters. The lowest BCUT2D eigenvalue weighted by Crippen LogP contribution is -2.16. The first kappa shape index (κ1) is 15.7. The SMILES string of the molecule is Nc1c(C=C2C=Nc3ccccc32)c(=O)nc2scc(-c3ccccc3)n12. The monoisotopic (exact) mass is 370 g/mol. The average molecular weight is 370 g/mol. The molecule has 4 aromatic rings. The molecule has 5 nitrogen and oxygen atoms in total. The average Bonchev–Trinajstić information content (AvgIpc) is 3.30. The maximum atomic E-state index is 12.6. The maximum Gasteiger partial charge on any atom is 0.283 e. The number of allylic oxidation sites excluding steroid dienone is 1. The highest BCUT2D eigenvalue weighted by atomic mass is 32.1. The van der Waals surface area contributed by atoms with Gasteiger partial charge in [-0.05, 0) is 17.7 Å². The molecule has 0 saturated carbocycles. The van der Waals surface area contributed by atoms with Crippen LogP contribution in [0.5, 0.6) is 0 Å². The third-order valence-corrected chi connectivity index (χ3v) is 5.41. The van der Waals surface area contributed by atoms with E-state index in [0.717, 1.165) is 28.1 Å². The number of benzene rings is 2. The second-order valence-electron chi connectivity index (χ2n) is 6.20. The summed E-state index contributed by atoms with van der Waals surface area (Å²) in [6, 6.07) is 17.7. The Bertz CT molecular complexity index is 1300. The summed E-state index contributed by atoms with van der Waals surface area (Å²) in [5, 5.41) is 1.97. The van der Waals surface area contributed by atoms with E-state index < -0.39 is 0 Å². The second-order valence-corrected chi connectivity index (χ2v) is 7.03. The Morgan fingerprint density at radius 3 is 2.67 bits per heavy atom. The number of thiazole rings is 1. The van der Waals surface area contributed by atoms with E-state index in [2.05, 4.69) is 9.98 Å². The number of fused-ring (bicyclic) bond motifs is 2. The molecule has 3 heterocycles. The molecule has 0 spiro atoms. The molecule has 1 aliphatic rings. The van der Waals surface area contributed by atoms with Crippen molar-refractivity contribution in [1.29, 1.82) is 0 Å². The van der Waals surface area contributed by atoms with Gasteiger partial charge in [-0.25, -0.2) is 0 Å². The molecule has 2 N–H and O–H groups in total. The molecule has 5 rings (SSSR count). The van der Waals surface area contributed by atoms with Crippen LogP contribution in [0.15, 0.2) is 69.8 Å². The molecular weight excluding hydrogens is 356 g/mol. The number of aliphatic imine (C=N–C) groups is 1. The van der Waals surface area contributed by atoms with Crippen molar-refractivity contribution in [1.82, 2.24) is 9.38 Å². The number of nitrogen functional groups attached to an aromatic ring is 1. The predicted octanol–water partition coefficient (Wildman–Crippen LogP) is 4.26. The fraction of sp³-hybridized carbons (Fsp3) is 0. The van der Waals surface area contributed by atoms with Gasteiger partial charge in [0, 0.05) is 22.7 Å². The highest BCUT2D eigenvalue weighted by Crippen LogP contribution is 2.33. The number of hydrogen-bond donors (Lipinski definition) is 1. The topological polar surface area (TPSA) is 72.8 Å². The quantitative estimate of drug-likeness (QED) is 0.573. The number of rotatable bonds is 2. The Kier molecular flexibility index (Phi) is 3.51. The zero-order chi connectivity index (χ0) is 18.4. The van der Waals surface area contributed by atoms with Crippen LogP contribution in [0, 0.1) is 0 Å². The van der Waals surface area contributed by atoms with Crippen LogP contribution in [-0.4, -0.2) is 15.6 Å². The van der Waals surface area contributed by atoms with E-state index in [-0.39, 0.29) is 5.56 Å². The van der Waals surface area contributed by atoms with Crippen molar-refractivity contribution >= 4 is 45.7 Å². The minimum atomic E-state index is -0.334. The van der Waals surface area contributed by atoms with Gasteiger partial charge < -0.3 is 5.73 Å². The lowest BCUT2D eigenvalue weighted by molar-refractivity contribution is 1.12. The lowest BCUT2D eigenvalue weighted by atomic mass is 10.1. The normalized spacial score (nSPS) is 14.1. The fourth-order valence-electron chi connectivity index (χ4n) is 3.25. The summed E-state index contributed by atoms with van der Waals surface area (Å²) < 4.78 is 1.84. The number of anilines is 1. The number of nitrogens with two attached hydrogens (primary N) is 1. The molecule has 0 radical (unpaired) electrons. The standard InChI is InChI=1S/C21H14N4OS/c22-19-16(10-14-11-23-17-9-5-4-8-15(14)17)20(26)24-21-25(19)18(12-27-21)13-6-2-1-3-7-13/h1-12H,22H2. The van der Waals surface area contributed by atoms with E-state index in [0.29, 0.717) is 16.3 Å². The van der Waals surface area contributed by atoms with E-state index in [1.54, 1.807) is 12.3 Å². The highest BCUT2D eigenvalue weighted by Gasteiger charge is 2.17. The first-order valence-electron chi connectivity index (χ1n) is 8.43. The molecule has 0 bridgehead atoms. The van der Waals surface area contributed by atoms with Crippen molar-refractivity contribution in [3.05, 3.63) is 81.5 Å². The number of nitrogens with zero attached hydrogens (tertiary/aromatic N) is 3. The van der Waals surface area contributed by atoms with Crippen LogP contribution in [-0.2, 0) is 0 Å². The van der Waals surface area contributed by atoms with Crippen molar-refractivity contribution in [2.24, 2.45) is 4.99 Å². The molecular formula is C21H14N4OS. The number of hydrogen-bond acceptors (Lipinski definition) is 5. The fourth-order valence-corrected chi connectivity index (χ4v) is 4.15. The Labute approximate surface area is 158 Å². The van der Waals surface area contributed by atoms with E-state index in [9.17, 15) is 4.79 Å². The molecule has 0 aliphatic carbocycles. The zero-order valence-electron chi connectivity index (χ0n) is 14.2. The van der Waals surface area contributed by atoms with Crippen LogP contribution in [0.2, 0.25) is 0 Å². The Morgan fingerprint density at radius 1 is 1.04 bits per heavy atom.